The van der Waals surface area contributed by atoms with Crippen LogP contribution < -0.4 is 0 Å². The van der Waals surface area contributed by atoms with E-state index in [9.17, 15) is 5.11 Å². The Morgan fingerprint density at radius 2 is 1.29 bits per heavy atom. The second kappa shape index (κ2) is 4.01. The predicted molar refractivity (Wildman–Crippen MR) is 68.9 cm³/mol. The molecular weight excluding hydrogens is 208 g/mol. The van der Waals surface area contributed by atoms with E-state index in [0.29, 0.717) is 0 Å². The molecule has 0 heterocycles. The van der Waals surface area contributed by atoms with E-state index in [0.717, 1.165) is 12.8 Å². The molecule has 1 fully saturated rings. The number of rotatable bonds is 2. The first-order chi connectivity index (χ1) is 8.34. The van der Waals surface area contributed by atoms with Gasteiger partial charge in [-0.25, -0.2) is 0 Å². The molecule has 3 rings (SSSR count). The molecule has 0 saturated heterocycles. The molecule has 1 heteroatoms. The molecule has 0 amide bonds. The number of aliphatic hydroxyl groups is 1. The lowest BCUT2D eigenvalue weighted by Gasteiger charge is -2.47. The Morgan fingerprint density at radius 3 is 1.59 bits per heavy atom. The second-order valence-electron chi connectivity index (χ2n) is 4.76. The summed E-state index contributed by atoms with van der Waals surface area (Å²) in [6.07, 6.45) is 1.67. The Kier molecular flexibility index (Phi) is 2.49. The van der Waals surface area contributed by atoms with E-state index < -0.39 is 0 Å². The molecule has 1 aliphatic rings. The molecule has 0 aromatic heterocycles. The summed E-state index contributed by atoms with van der Waals surface area (Å²) < 4.78 is 0. The van der Waals surface area contributed by atoms with E-state index in [1.54, 1.807) is 0 Å². The van der Waals surface area contributed by atoms with Crippen LogP contribution in [-0.4, -0.2) is 11.2 Å². The third kappa shape index (κ3) is 1.50. The fraction of sp³-hybridized carbons (Fsp3) is 0.250. The van der Waals surface area contributed by atoms with E-state index >= 15 is 0 Å². The Labute approximate surface area is 102 Å². The van der Waals surface area contributed by atoms with E-state index in [1.807, 2.05) is 36.4 Å². The van der Waals surface area contributed by atoms with Crippen molar-refractivity contribution in [2.24, 2.45) is 0 Å². The molecule has 86 valence electrons. The Bertz CT molecular complexity index is 450. The minimum atomic E-state index is -0.257. The zero-order chi connectivity index (χ0) is 11.7. The van der Waals surface area contributed by atoms with Gasteiger partial charge >= 0.3 is 0 Å². The van der Waals surface area contributed by atoms with E-state index in [1.165, 1.54) is 11.1 Å². The molecule has 1 saturated carbocycles. The molecule has 1 unspecified atom stereocenters. The van der Waals surface area contributed by atoms with Crippen molar-refractivity contribution in [3.8, 4) is 0 Å². The van der Waals surface area contributed by atoms with Crippen LogP contribution in [0.15, 0.2) is 60.7 Å². The van der Waals surface area contributed by atoms with Crippen molar-refractivity contribution < 1.29 is 5.11 Å². The third-order valence-electron chi connectivity index (χ3n) is 3.96. The molecule has 0 radical (unpaired) electrons. The molecule has 1 N–H and O–H groups in total. The van der Waals surface area contributed by atoms with Crippen molar-refractivity contribution in [3.05, 3.63) is 71.8 Å². The monoisotopic (exact) mass is 224 g/mol. The van der Waals surface area contributed by atoms with Gasteiger partial charge < -0.3 is 5.11 Å². The van der Waals surface area contributed by atoms with Gasteiger partial charge in [-0.15, -0.1) is 0 Å². The summed E-state index contributed by atoms with van der Waals surface area (Å²) in [5.41, 5.74) is 2.28. The lowest BCUT2D eigenvalue weighted by Crippen LogP contribution is -2.49. The molecule has 2 aromatic carbocycles. The van der Waals surface area contributed by atoms with Gasteiger partial charge in [-0.2, -0.15) is 0 Å². The molecule has 1 atom stereocenters. The van der Waals surface area contributed by atoms with E-state index in [-0.39, 0.29) is 11.5 Å². The van der Waals surface area contributed by atoms with Gasteiger partial charge in [-0.1, -0.05) is 60.7 Å². The quantitative estimate of drug-likeness (QED) is 0.831. The maximum atomic E-state index is 10.3. The minimum absolute atomic E-state index is 0.178. The molecular formula is C16H16O. The number of aliphatic hydroxyl groups excluding tert-OH is 1. The van der Waals surface area contributed by atoms with Gasteiger partial charge in [0.05, 0.1) is 6.10 Å². The fourth-order valence-electron chi connectivity index (χ4n) is 2.87. The van der Waals surface area contributed by atoms with Crippen LogP contribution in [-0.2, 0) is 5.41 Å². The topological polar surface area (TPSA) is 20.2 Å². The Balaban J connectivity index is 2.12. The van der Waals surface area contributed by atoms with Gasteiger partial charge in [0.15, 0.2) is 0 Å². The summed E-state index contributed by atoms with van der Waals surface area (Å²) in [6.45, 7) is 0. The van der Waals surface area contributed by atoms with E-state index in [2.05, 4.69) is 24.3 Å². The van der Waals surface area contributed by atoms with Crippen molar-refractivity contribution in [1.29, 1.82) is 0 Å². The molecule has 0 spiro atoms. The van der Waals surface area contributed by atoms with Crippen molar-refractivity contribution in [2.75, 3.05) is 0 Å². The highest BCUT2D eigenvalue weighted by Crippen LogP contribution is 2.48. The SMILES string of the molecule is OC1CCC1(c1ccccc1)c1ccccc1. The van der Waals surface area contributed by atoms with Crippen LogP contribution in [0, 0.1) is 0 Å². The lowest BCUT2D eigenvalue weighted by atomic mass is 9.58. The molecule has 2 aromatic rings. The largest absolute Gasteiger partial charge is 0.392 e. The number of hydrogen-bond acceptors (Lipinski definition) is 1. The summed E-state index contributed by atoms with van der Waals surface area (Å²) in [5, 5.41) is 10.3. The summed E-state index contributed by atoms with van der Waals surface area (Å²) in [6, 6.07) is 20.7. The number of benzene rings is 2. The standard InChI is InChI=1S/C16H16O/c17-15-11-12-16(15,13-7-3-1-4-8-13)14-9-5-2-6-10-14/h1-10,15,17H,11-12H2. The predicted octanol–water partition coefficient (Wildman–Crippen LogP) is 3.13. The van der Waals surface area contributed by atoms with Gasteiger partial charge in [-0.05, 0) is 24.0 Å². The first kappa shape index (κ1) is 10.5. The summed E-state index contributed by atoms with van der Waals surface area (Å²) in [5.74, 6) is 0. The highest BCUT2D eigenvalue weighted by atomic mass is 16.3. The normalized spacial score (nSPS) is 21.8. The van der Waals surface area contributed by atoms with Crippen molar-refractivity contribution in [2.45, 2.75) is 24.4 Å². The lowest BCUT2D eigenvalue weighted by molar-refractivity contribution is 0.0173. The smallest absolute Gasteiger partial charge is 0.0677 e. The highest BCUT2D eigenvalue weighted by molar-refractivity contribution is 5.43. The Morgan fingerprint density at radius 1 is 0.824 bits per heavy atom. The highest BCUT2D eigenvalue weighted by Gasteiger charge is 2.48. The van der Waals surface area contributed by atoms with Crippen LogP contribution in [0.5, 0.6) is 0 Å². The van der Waals surface area contributed by atoms with Crippen LogP contribution >= 0.6 is 0 Å². The fourth-order valence-corrected chi connectivity index (χ4v) is 2.87. The minimum Gasteiger partial charge on any atom is -0.392 e. The Hall–Kier alpha value is -1.60. The van der Waals surface area contributed by atoms with Crippen LogP contribution in [0.4, 0.5) is 0 Å². The van der Waals surface area contributed by atoms with Crippen LogP contribution in [0.2, 0.25) is 0 Å². The molecule has 17 heavy (non-hydrogen) atoms. The summed E-state index contributed by atoms with van der Waals surface area (Å²) in [4.78, 5) is 0. The van der Waals surface area contributed by atoms with Crippen molar-refractivity contribution >= 4 is 0 Å². The van der Waals surface area contributed by atoms with Gasteiger partial charge in [0.25, 0.3) is 0 Å². The van der Waals surface area contributed by atoms with Crippen LogP contribution in [0.1, 0.15) is 24.0 Å². The molecule has 1 nitrogen and oxygen atoms in total. The summed E-state index contributed by atoms with van der Waals surface area (Å²) >= 11 is 0. The number of hydrogen-bond donors (Lipinski definition) is 1. The summed E-state index contributed by atoms with van der Waals surface area (Å²) in [7, 11) is 0. The van der Waals surface area contributed by atoms with E-state index in [4.69, 9.17) is 0 Å². The van der Waals surface area contributed by atoms with Gasteiger partial charge in [-0.3, -0.25) is 0 Å². The third-order valence-corrected chi connectivity index (χ3v) is 3.96. The average Bonchev–Trinajstić information content (AvgIpc) is 2.40. The first-order valence-electron chi connectivity index (χ1n) is 6.13. The molecule has 0 aliphatic heterocycles. The molecule has 1 aliphatic carbocycles. The van der Waals surface area contributed by atoms with Gasteiger partial charge in [0.1, 0.15) is 0 Å². The van der Waals surface area contributed by atoms with Crippen LogP contribution in [0.3, 0.4) is 0 Å². The van der Waals surface area contributed by atoms with Crippen LogP contribution in [0.25, 0.3) is 0 Å². The average molecular weight is 224 g/mol. The molecule has 0 bridgehead atoms. The first-order valence-corrected chi connectivity index (χ1v) is 6.13. The second-order valence-corrected chi connectivity index (χ2v) is 4.76. The van der Waals surface area contributed by atoms with Crippen molar-refractivity contribution in [3.63, 3.8) is 0 Å². The van der Waals surface area contributed by atoms with Gasteiger partial charge in [0, 0.05) is 5.41 Å². The maximum absolute atomic E-state index is 10.3. The van der Waals surface area contributed by atoms with Gasteiger partial charge in [0.2, 0.25) is 0 Å². The zero-order valence-electron chi connectivity index (χ0n) is 9.71. The zero-order valence-corrected chi connectivity index (χ0v) is 9.71. The maximum Gasteiger partial charge on any atom is 0.0677 e. The van der Waals surface area contributed by atoms with Crippen molar-refractivity contribution in [1.82, 2.24) is 0 Å².